The van der Waals surface area contributed by atoms with Crippen molar-refractivity contribution in [3.05, 3.63) is 71.1 Å². The Labute approximate surface area is 127 Å². The average Bonchev–Trinajstić information content (AvgIpc) is 2.90. The molecule has 0 unspecified atom stereocenters. The molecule has 0 aliphatic carbocycles. The third-order valence-corrected chi connectivity index (χ3v) is 3.79. The number of hydrogen-bond acceptors (Lipinski definition) is 3. The van der Waals surface area contributed by atoms with Crippen LogP contribution in [0.25, 0.3) is 11.0 Å². The number of carbonyl (C=O) groups excluding carboxylic acids is 1. The van der Waals surface area contributed by atoms with Crippen LogP contribution in [0.5, 0.6) is 0 Å². The van der Waals surface area contributed by atoms with Gasteiger partial charge in [0.25, 0.3) is 0 Å². The molecule has 0 fully saturated rings. The fraction of sp³-hybridized carbons (Fsp3) is 0.0588. The fourth-order valence-electron chi connectivity index (χ4n) is 1.96. The number of hydrogen-bond donors (Lipinski definition) is 1. The van der Waals surface area contributed by atoms with Crippen LogP contribution >= 0.6 is 11.8 Å². The predicted octanol–water partition coefficient (Wildman–Crippen LogP) is 4.36. The summed E-state index contributed by atoms with van der Waals surface area (Å²) in [7, 11) is 0. The van der Waals surface area contributed by atoms with Crippen molar-refractivity contribution >= 4 is 28.6 Å². The molecule has 1 heterocycles. The van der Waals surface area contributed by atoms with E-state index in [2.05, 4.69) is 9.97 Å². The second-order valence-corrected chi connectivity index (χ2v) is 5.60. The van der Waals surface area contributed by atoms with E-state index in [1.807, 2.05) is 55.5 Å². The summed E-state index contributed by atoms with van der Waals surface area (Å²) in [6.45, 7) is 2.00. The Balaban J connectivity index is 1.68. The number of H-pyrrole nitrogens is 1. The first kappa shape index (κ1) is 13.6. The first-order valence-corrected chi connectivity index (χ1v) is 7.49. The van der Waals surface area contributed by atoms with Gasteiger partial charge in [-0.15, -0.1) is 0 Å². The van der Waals surface area contributed by atoms with Gasteiger partial charge in [0.1, 0.15) is 0 Å². The van der Waals surface area contributed by atoms with Crippen LogP contribution in [-0.2, 0) is 0 Å². The molecule has 3 aromatic rings. The molecule has 0 aliphatic rings. The van der Waals surface area contributed by atoms with Crippen LogP contribution in [0.2, 0.25) is 0 Å². The lowest BCUT2D eigenvalue weighted by Gasteiger charge is -1.96. The van der Waals surface area contributed by atoms with Crippen molar-refractivity contribution in [2.75, 3.05) is 0 Å². The molecule has 0 aliphatic heterocycles. The molecular formula is C17H14N2OS. The van der Waals surface area contributed by atoms with E-state index in [-0.39, 0.29) is 5.78 Å². The van der Waals surface area contributed by atoms with E-state index in [1.54, 1.807) is 11.5 Å². The molecule has 0 saturated heterocycles. The van der Waals surface area contributed by atoms with Gasteiger partial charge in [-0.25, -0.2) is 4.98 Å². The summed E-state index contributed by atoms with van der Waals surface area (Å²) in [6, 6.07) is 15.4. The van der Waals surface area contributed by atoms with Crippen LogP contribution in [0.1, 0.15) is 15.9 Å². The molecule has 4 heteroatoms. The molecule has 0 amide bonds. The van der Waals surface area contributed by atoms with Crippen molar-refractivity contribution in [2.24, 2.45) is 0 Å². The van der Waals surface area contributed by atoms with Crippen molar-refractivity contribution in [2.45, 2.75) is 12.1 Å². The maximum absolute atomic E-state index is 12.0. The van der Waals surface area contributed by atoms with Gasteiger partial charge in [0, 0.05) is 5.56 Å². The molecule has 0 atom stereocenters. The summed E-state index contributed by atoms with van der Waals surface area (Å²) in [4.78, 5) is 19.6. The predicted molar refractivity (Wildman–Crippen MR) is 86.6 cm³/mol. The van der Waals surface area contributed by atoms with Gasteiger partial charge in [0.2, 0.25) is 0 Å². The summed E-state index contributed by atoms with van der Waals surface area (Å²) in [5.41, 5.74) is 3.77. The lowest BCUT2D eigenvalue weighted by atomic mass is 10.1. The van der Waals surface area contributed by atoms with Crippen molar-refractivity contribution in [1.82, 2.24) is 9.97 Å². The fourth-order valence-corrected chi connectivity index (χ4v) is 2.60. The number of aryl methyl sites for hydroxylation is 1. The second kappa shape index (κ2) is 5.97. The first-order chi connectivity index (χ1) is 10.2. The third kappa shape index (κ3) is 3.23. The lowest BCUT2D eigenvalue weighted by Crippen LogP contribution is -1.93. The summed E-state index contributed by atoms with van der Waals surface area (Å²) in [5, 5.41) is 2.55. The van der Waals surface area contributed by atoms with Gasteiger partial charge in [0.15, 0.2) is 10.9 Å². The number of rotatable bonds is 4. The quantitative estimate of drug-likeness (QED) is 0.442. The number of fused-ring (bicyclic) bond motifs is 1. The summed E-state index contributed by atoms with van der Waals surface area (Å²) < 4.78 is 0. The molecule has 0 bridgehead atoms. The van der Waals surface area contributed by atoms with Gasteiger partial charge in [0.05, 0.1) is 11.0 Å². The highest BCUT2D eigenvalue weighted by Gasteiger charge is 2.02. The van der Waals surface area contributed by atoms with E-state index in [1.165, 1.54) is 11.8 Å². The molecular weight excluding hydrogens is 280 g/mol. The number of aromatic amines is 1. The Hall–Kier alpha value is -2.33. The number of ketones is 1. The van der Waals surface area contributed by atoms with Crippen LogP contribution in [-0.4, -0.2) is 15.8 Å². The van der Waals surface area contributed by atoms with Gasteiger partial charge >= 0.3 is 0 Å². The van der Waals surface area contributed by atoms with Crippen molar-refractivity contribution in [3.8, 4) is 0 Å². The highest BCUT2D eigenvalue weighted by atomic mass is 32.2. The number of aromatic nitrogens is 2. The average molecular weight is 294 g/mol. The van der Waals surface area contributed by atoms with Crippen molar-refractivity contribution < 1.29 is 4.79 Å². The Morgan fingerprint density at radius 1 is 1.14 bits per heavy atom. The van der Waals surface area contributed by atoms with E-state index >= 15 is 0 Å². The van der Waals surface area contributed by atoms with Gasteiger partial charge in [-0.2, -0.15) is 0 Å². The summed E-state index contributed by atoms with van der Waals surface area (Å²) in [5.74, 6) is -0.00129. The largest absolute Gasteiger partial charge is 0.333 e. The number of nitrogens with one attached hydrogen (secondary N) is 1. The van der Waals surface area contributed by atoms with Crippen LogP contribution in [0, 0.1) is 6.92 Å². The van der Waals surface area contributed by atoms with E-state index in [0.717, 1.165) is 21.8 Å². The number of imidazole rings is 1. The minimum absolute atomic E-state index is 0.00129. The molecule has 3 rings (SSSR count). The topological polar surface area (TPSA) is 45.8 Å². The zero-order chi connectivity index (χ0) is 14.7. The van der Waals surface area contributed by atoms with E-state index < -0.39 is 0 Å². The number of benzene rings is 2. The molecule has 3 nitrogen and oxygen atoms in total. The molecule has 0 radical (unpaired) electrons. The zero-order valence-corrected chi connectivity index (χ0v) is 12.4. The summed E-state index contributed by atoms with van der Waals surface area (Å²) >= 11 is 1.40. The highest BCUT2D eigenvalue weighted by molar-refractivity contribution is 8.02. The second-order valence-electron chi connectivity index (χ2n) is 4.71. The van der Waals surface area contributed by atoms with Crippen LogP contribution in [0.3, 0.4) is 0 Å². The molecule has 0 spiro atoms. The highest BCUT2D eigenvalue weighted by Crippen LogP contribution is 2.20. The van der Waals surface area contributed by atoms with E-state index in [4.69, 9.17) is 0 Å². The molecule has 2 aromatic carbocycles. The van der Waals surface area contributed by atoms with Crippen molar-refractivity contribution in [3.63, 3.8) is 0 Å². The maximum atomic E-state index is 12.0. The smallest absolute Gasteiger partial charge is 0.186 e. The number of allylic oxidation sites excluding steroid dienone is 1. The van der Waals surface area contributed by atoms with E-state index in [0.29, 0.717) is 5.56 Å². The SMILES string of the molecule is Cc1ccc(C(=O)C=CSc2nc3ccccc3[nH]2)cc1. The number of carbonyl (C=O) groups is 1. The standard InChI is InChI=1S/C17H14N2OS/c1-12-6-8-13(9-7-12)16(20)10-11-21-17-18-14-4-2-3-5-15(14)19-17/h2-11H,1H3,(H,18,19). The first-order valence-electron chi connectivity index (χ1n) is 6.61. The van der Waals surface area contributed by atoms with Crippen LogP contribution < -0.4 is 0 Å². The molecule has 104 valence electrons. The van der Waals surface area contributed by atoms with Crippen LogP contribution in [0.4, 0.5) is 0 Å². The Morgan fingerprint density at radius 2 is 1.90 bits per heavy atom. The van der Waals surface area contributed by atoms with Gasteiger partial charge in [-0.3, -0.25) is 4.79 Å². The number of para-hydroxylation sites is 2. The van der Waals surface area contributed by atoms with E-state index in [9.17, 15) is 4.79 Å². The number of nitrogens with zero attached hydrogens (tertiary/aromatic N) is 1. The molecule has 1 N–H and O–H groups in total. The lowest BCUT2D eigenvalue weighted by molar-refractivity contribution is 0.104. The number of thioether (sulfide) groups is 1. The van der Waals surface area contributed by atoms with Gasteiger partial charge in [-0.05, 0) is 30.5 Å². The summed E-state index contributed by atoms with van der Waals surface area (Å²) in [6.07, 6.45) is 1.57. The minimum Gasteiger partial charge on any atom is -0.333 e. The minimum atomic E-state index is -0.00129. The molecule has 0 saturated carbocycles. The third-order valence-electron chi connectivity index (χ3n) is 3.10. The van der Waals surface area contributed by atoms with Gasteiger partial charge in [-0.1, -0.05) is 53.7 Å². The zero-order valence-electron chi connectivity index (χ0n) is 11.5. The molecule has 1 aromatic heterocycles. The van der Waals surface area contributed by atoms with Crippen LogP contribution in [0.15, 0.2) is 65.2 Å². The monoisotopic (exact) mass is 294 g/mol. The Morgan fingerprint density at radius 3 is 2.67 bits per heavy atom. The van der Waals surface area contributed by atoms with Gasteiger partial charge < -0.3 is 4.98 Å². The normalized spacial score (nSPS) is 11.3. The Bertz CT molecular complexity index is 770. The Kier molecular flexibility index (Phi) is 3.88. The molecule has 21 heavy (non-hydrogen) atoms. The van der Waals surface area contributed by atoms with Crippen molar-refractivity contribution in [1.29, 1.82) is 0 Å². The maximum Gasteiger partial charge on any atom is 0.186 e.